The summed E-state index contributed by atoms with van der Waals surface area (Å²) in [5.41, 5.74) is 1.19. The lowest BCUT2D eigenvalue weighted by Crippen LogP contribution is -2.50. The summed E-state index contributed by atoms with van der Waals surface area (Å²) in [6, 6.07) is 12.1. The Hall–Kier alpha value is -2.44. The van der Waals surface area contributed by atoms with Crippen LogP contribution in [0.1, 0.15) is 0 Å². The highest BCUT2D eigenvalue weighted by Gasteiger charge is 2.31. The molecule has 0 aromatic heterocycles. The lowest BCUT2D eigenvalue weighted by atomic mass is 10.1. The van der Waals surface area contributed by atoms with Crippen molar-refractivity contribution in [2.24, 2.45) is 0 Å². The summed E-state index contributed by atoms with van der Waals surface area (Å²) in [5, 5.41) is 6.19. The maximum Gasteiger partial charge on any atom is 0.262 e. The van der Waals surface area contributed by atoms with Gasteiger partial charge in [-0.2, -0.15) is 0 Å². The van der Waals surface area contributed by atoms with Crippen molar-refractivity contribution < 1.29 is 14.3 Å². The van der Waals surface area contributed by atoms with Crippen molar-refractivity contribution in [3.8, 4) is 5.75 Å². The lowest BCUT2D eigenvalue weighted by molar-refractivity contribution is -0.127. The molecule has 2 N–H and O–H groups in total. The zero-order valence-electron chi connectivity index (χ0n) is 14.0. The lowest BCUT2D eigenvalue weighted by Gasteiger charge is -2.35. The van der Waals surface area contributed by atoms with Gasteiger partial charge in [-0.15, -0.1) is 0 Å². The standard InChI is InChI=1S/C18H17Cl2N3O3/c1-21-18(25)16-9-23(14-4-2-3-5-15(14)26-16)10-17(24)22-13-8-11(19)6-7-12(13)20/h2-8,16H,9-10H2,1H3,(H,21,25)(H,22,24)/t16-/m1/s1. The van der Waals surface area contributed by atoms with Crippen LogP contribution in [0.5, 0.6) is 5.75 Å². The Morgan fingerprint density at radius 3 is 2.77 bits per heavy atom. The maximum atomic E-state index is 12.5. The monoisotopic (exact) mass is 393 g/mol. The number of fused-ring (bicyclic) bond motifs is 1. The Balaban J connectivity index is 1.78. The molecular formula is C18H17Cl2N3O3. The molecule has 0 fully saturated rings. The molecule has 2 amide bonds. The van der Waals surface area contributed by atoms with Gasteiger partial charge in [-0.3, -0.25) is 9.59 Å². The normalized spacial score (nSPS) is 15.7. The average Bonchev–Trinajstić information content (AvgIpc) is 2.64. The smallest absolute Gasteiger partial charge is 0.262 e. The SMILES string of the molecule is CNC(=O)[C@H]1CN(CC(=O)Nc2cc(Cl)ccc2Cl)c2ccccc2O1. The Morgan fingerprint density at radius 2 is 2.00 bits per heavy atom. The van der Waals surface area contributed by atoms with Gasteiger partial charge in [-0.05, 0) is 30.3 Å². The predicted octanol–water partition coefficient (Wildman–Crippen LogP) is 2.95. The summed E-state index contributed by atoms with van der Waals surface area (Å²) in [5.74, 6) is 0.0326. The van der Waals surface area contributed by atoms with Crippen LogP contribution >= 0.6 is 23.2 Å². The highest BCUT2D eigenvalue weighted by atomic mass is 35.5. The third-order valence-electron chi connectivity index (χ3n) is 3.94. The number of para-hydroxylation sites is 2. The Morgan fingerprint density at radius 1 is 1.23 bits per heavy atom. The first-order valence-electron chi connectivity index (χ1n) is 7.95. The topological polar surface area (TPSA) is 70.7 Å². The van der Waals surface area contributed by atoms with Crippen LogP contribution in [0.25, 0.3) is 0 Å². The number of benzene rings is 2. The van der Waals surface area contributed by atoms with Crippen molar-refractivity contribution in [3.63, 3.8) is 0 Å². The van der Waals surface area contributed by atoms with Crippen molar-refractivity contribution in [3.05, 3.63) is 52.5 Å². The van der Waals surface area contributed by atoms with Gasteiger partial charge in [0.05, 0.1) is 29.5 Å². The van der Waals surface area contributed by atoms with Crippen LogP contribution in [-0.4, -0.2) is 38.1 Å². The highest BCUT2D eigenvalue weighted by Crippen LogP contribution is 2.33. The van der Waals surface area contributed by atoms with E-state index >= 15 is 0 Å². The van der Waals surface area contributed by atoms with Crippen LogP contribution in [0.15, 0.2) is 42.5 Å². The van der Waals surface area contributed by atoms with E-state index in [1.165, 1.54) is 0 Å². The summed E-state index contributed by atoms with van der Waals surface area (Å²) < 4.78 is 5.73. The van der Waals surface area contributed by atoms with E-state index in [0.717, 1.165) is 5.69 Å². The average molecular weight is 394 g/mol. The minimum absolute atomic E-state index is 0.0384. The van der Waals surface area contributed by atoms with Gasteiger partial charge in [-0.1, -0.05) is 35.3 Å². The van der Waals surface area contributed by atoms with Crippen LogP contribution in [0.2, 0.25) is 10.0 Å². The van der Waals surface area contributed by atoms with Crippen molar-refractivity contribution >= 4 is 46.4 Å². The molecule has 8 heteroatoms. The molecule has 2 aromatic rings. The number of amides is 2. The molecule has 0 spiro atoms. The number of ether oxygens (including phenoxy) is 1. The van der Waals surface area contributed by atoms with Crippen molar-refractivity contribution in [2.45, 2.75) is 6.10 Å². The molecule has 6 nitrogen and oxygen atoms in total. The van der Waals surface area contributed by atoms with E-state index in [1.807, 2.05) is 18.2 Å². The van der Waals surface area contributed by atoms with Crippen LogP contribution in [0.3, 0.4) is 0 Å². The number of nitrogens with one attached hydrogen (secondary N) is 2. The fourth-order valence-electron chi connectivity index (χ4n) is 2.71. The van der Waals surface area contributed by atoms with E-state index in [-0.39, 0.29) is 24.9 Å². The molecule has 1 aliphatic rings. The van der Waals surface area contributed by atoms with Gasteiger partial charge in [0.2, 0.25) is 5.91 Å². The predicted molar refractivity (Wildman–Crippen MR) is 102 cm³/mol. The maximum absolute atomic E-state index is 12.5. The van der Waals surface area contributed by atoms with Gasteiger partial charge < -0.3 is 20.3 Å². The number of carbonyl (C=O) groups excluding carboxylic acids is 2. The summed E-state index contributed by atoms with van der Waals surface area (Å²) >= 11 is 12.0. The molecule has 1 atom stereocenters. The number of nitrogens with zero attached hydrogens (tertiary/aromatic N) is 1. The van der Waals surface area contributed by atoms with Gasteiger partial charge >= 0.3 is 0 Å². The zero-order valence-corrected chi connectivity index (χ0v) is 15.5. The number of anilines is 2. The fourth-order valence-corrected chi connectivity index (χ4v) is 3.05. The largest absolute Gasteiger partial charge is 0.477 e. The van der Waals surface area contributed by atoms with Crippen LogP contribution < -0.4 is 20.3 Å². The number of hydrogen-bond acceptors (Lipinski definition) is 4. The summed E-state index contributed by atoms with van der Waals surface area (Å²) in [7, 11) is 1.55. The third-order valence-corrected chi connectivity index (χ3v) is 4.50. The molecule has 1 heterocycles. The first-order valence-corrected chi connectivity index (χ1v) is 8.70. The molecule has 0 saturated carbocycles. The molecule has 0 unspecified atom stereocenters. The molecule has 136 valence electrons. The van der Waals surface area contributed by atoms with Crippen LogP contribution in [0, 0.1) is 0 Å². The number of likely N-dealkylation sites (N-methyl/N-ethyl adjacent to an activating group) is 1. The summed E-state index contributed by atoms with van der Waals surface area (Å²) in [4.78, 5) is 26.3. The molecule has 0 bridgehead atoms. The fraction of sp³-hybridized carbons (Fsp3) is 0.222. The molecule has 26 heavy (non-hydrogen) atoms. The second-order valence-electron chi connectivity index (χ2n) is 5.74. The second-order valence-corrected chi connectivity index (χ2v) is 6.58. The van der Waals surface area contributed by atoms with Crippen molar-refractivity contribution in [1.29, 1.82) is 0 Å². The number of rotatable bonds is 4. The Kier molecular flexibility index (Phi) is 5.54. The summed E-state index contributed by atoms with van der Waals surface area (Å²) in [6.45, 7) is 0.296. The van der Waals surface area contributed by atoms with Crippen LogP contribution in [0.4, 0.5) is 11.4 Å². The molecule has 1 aliphatic heterocycles. The number of hydrogen-bond donors (Lipinski definition) is 2. The van der Waals surface area contributed by atoms with E-state index in [9.17, 15) is 9.59 Å². The van der Waals surface area contributed by atoms with E-state index in [0.29, 0.717) is 21.5 Å². The molecular weight excluding hydrogens is 377 g/mol. The van der Waals surface area contributed by atoms with Crippen molar-refractivity contribution in [1.82, 2.24) is 5.32 Å². The van der Waals surface area contributed by atoms with Crippen LogP contribution in [-0.2, 0) is 9.59 Å². The van der Waals surface area contributed by atoms with Gasteiger partial charge in [0.15, 0.2) is 6.10 Å². The Bertz CT molecular complexity index is 844. The zero-order chi connectivity index (χ0) is 18.7. The van der Waals surface area contributed by atoms with E-state index in [2.05, 4.69) is 10.6 Å². The first-order chi connectivity index (χ1) is 12.5. The summed E-state index contributed by atoms with van der Waals surface area (Å²) in [6.07, 6.45) is -0.697. The van der Waals surface area contributed by atoms with Crippen molar-refractivity contribution in [2.75, 3.05) is 30.4 Å². The van der Waals surface area contributed by atoms with E-state index < -0.39 is 6.10 Å². The molecule has 2 aromatic carbocycles. The molecule has 0 radical (unpaired) electrons. The second kappa shape index (κ2) is 7.85. The third kappa shape index (κ3) is 4.03. The number of halogens is 2. The minimum atomic E-state index is -0.697. The Labute approximate surface area is 161 Å². The first kappa shape index (κ1) is 18.4. The molecule has 3 rings (SSSR count). The van der Waals surface area contributed by atoms with E-state index in [4.69, 9.17) is 27.9 Å². The van der Waals surface area contributed by atoms with Gasteiger partial charge in [0, 0.05) is 12.1 Å². The van der Waals surface area contributed by atoms with Gasteiger partial charge in [-0.25, -0.2) is 0 Å². The highest BCUT2D eigenvalue weighted by molar-refractivity contribution is 6.35. The number of carbonyl (C=O) groups is 2. The molecule has 0 saturated heterocycles. The minimum Gasteiger partial charge on any atom is -0.477 e. The van der Waals surface area contributed by atoms with Gasteiger partial charge in [0.1, 0.15) is 5.75 Å². The van der Waals surface area contributed by atoms with E-state index in [1.54, 1.807) is 36.2 Å². The molecule has 0 aliphatic carbocycles. The van der Waals surface area contributed by atoms with Gasteiger partial charge in [0.25, 0.3) is 5.91 Å². The quantitative estimate of drug-likeness (QED) is 0.837.